The van der Waals surface area contributed by atoms with Crippen molar-refractivity contribution in [1.29, 1.82) is 0 Å². The van der Waals surface area contributed by atoms with Gasteiger partial charge in [0, 0.05) is 43.6 Å². The van der Waals surface area contributed by atoms with Crippen LogP contribution < -0.4 is 4.74 Å². The number of ether oxygens (including phenoxy) is 1. The summed E-state index contributed by atoms with van der Waals surface area (Å²) in [5.41, 5.74) is 2.31. The first-order chi connectivity index (χ1) is 16.0. The van der Waals surface area contributed by atoms with Crippen LogP contribution in [0.25, 0.3) is 10.8 Å². The van der Waals surface area contributed by atoms with E-state index < -0.39 is 6.10 Å². The normalized spacial score (nSPS) is 18.2. The fourth-order valence-electron chi connectivity index (χ4n) is 5.09. The summed E-state index contributed by atoms with van der Waals surface area (Å²) in [5, 5.41) is 14.0. The zero-order valence-electron chi connectivity index (χ0n) is 19.9. The summed E-state index contributed by atoms with van der Waals surface area (Å²) in [5.74, 6) is 0.670. The lowest BCUT2D eigenvalue weighted by atomic mass is 9.94. The van der Waals surface area contributed by atoms with Gasteiger partial charge in [-0.25, -0.2) is 0 Å². The smallest absolute Gasteiger partial charge is 0.138 e. The number of piperazine rings is 1. The Morgan fingerprint density at radius 1 is 0.939 bits per heavy atom. The molecule has 0 saturated carbocycles. The van der Waals surface area contributed by atoms with Crippen LogP contribution in [0.4, 0.5) is 0 Å². The molecule has 0 aromatic heterocycles. The lowest BCUT2D eigenvalue weighted by Gasteiger charge is -2.43. The molecule has 0 aliphatic carbocycles. The maximum Gasteiger partial charge on any atom is 0.138 e. The summed E-state index contributed by atoms with van der Waals surface area (Å²) in [4.78, 5) is 5.03. The van der Waals surface area contributed by atoms with E-state index in [9.17, 15) is 5.11 Å². The summed E-state index contributed by atoms with van der Waals surface area (Å²) in [6.45, 7) is 8.44. The van der Waals surface area contributed by atoms with Crippen molar-refractivity contribution in [1.82, 2.24) is 9.80 Å². The molecule has 3 aromatic rings. The van der Waals surface area contributed by atoms with Crippen LogP contribution in [0.3, 0.4) is 0 Å². The molecule has 0 radical (unpaired) electrons. The van der Waals surface area contributed by atoms with Gasteiger partial charge in [0.25, 0.3) is 0 Å². The van der Waals surface area contributed by atoms with Crippen molar-refractivity contribution in [3.8, 4) is 5.75 Å². The maximum absolute atomic E-state index is 11.4. The third-order valence-corrected chi connectivity index (χ3v) is 7.49. The monoisotopic (exact) mass is 466 g/mol. The number of methoxy groups -OCH3 is 1. The van der Waals surface area contributed by atoms with Crippen LogP contribution in [-0.2, 0) is 0 Å². The predicted octanol–water partition coefficient (Wildman–Crippen LogP) is 6.08. The summed E-state index contributed by atoms with van der Waals surface area (Å²) < 4.78 is 5.34. The number of rotatable bonds is 8. The topological polar surface area (TPSA) is 35.9 Å². The van der Waals surface area contributed by atoms with E-state index in [-0.39, 0.29) is 6.04 Å². The first kappa shape index (κ1) is 24.0. The van der Waals surface area contributed by atoms with E-state index in [2.05, 4.69) is 60.0 Å². The minimum Gasteiger partial charge on any atom is -0.495 e. The lowest BCUT2D eigenvalue weighted by Crippen LogP contribution is -2.52. The molecule has 1 aliphatic rings. The van der Waals surface area contributed by atoms with E-state index in [4.69, 9.17) is 16.3 Å². The average Bonchev–Trinajstić information content (AvgIpc) is 2.87. The highest BCUT2D eigenvalue weighted by atomic mass is 35.5. The number of benzene rings is 3. The second kappa shape index (κ2) is 10.9. The van der Waals surface area contributed by atoms with Crippen LogP contribution in [0.15, 0.2) is 60.7 Å². The van der Waals surface area contributed by atoms with E-state index in [0.29, 0.717) is 16.8 Å². The van der Waals surface area contributed by atoms with Gasteiger partial charge in [-0.3, -0.25) is 9.80 Å². The largest absolute Gasteiger partial charge is 0.495 e. The SMILES string of the molecule is CCCC(C(O)c1ccc2c(Cl)c(OC)ccc2c1)N1CCN(C(C)c2ccccc2)CC1. The van der Waals surface area contributed by atoms with Gasteiger partial charge in [-0.1, -0.05) is 73.5 Å². The van der Waals surface area contributed by atoms with Crippen LogP contribution in [0.1, 0.15) is 50.0 Å². The Balaban J connectivity index is 1.48. The molecule has 0 bridgehead atoms. The molecule has 4 rings (SSSR count). The molecule has 3 unspecified atom stereocenters. The second-order valence-electron chi connectivity index (χ2n) is 9.02. The molecule has 1 saturated heterocycles. The Hall–Kier alpha value is -2.11. The zero-order valence-corrected chi connectivity index (χ0v) is 20.6. The van der Waals surface area contributed by atoms with Crippen molar-refractivity contribution < 1.29 is 9.84 Å². The predicted molar refractivity (Wildman–Crippen MR) is 137 cm³/mol. The highest BCUT2D eigenvalue weighted by Gasteiger charge is 2.31. The molecular weight excluding hydrogens is 432 g/mol. The van der Waals surface area contributed by atoms with Crippen LogP contribution in [0, 0.1) is 0 Å². The van der Waals surface area contributed by atoms with E-state index >= 15 is 0 Å². The number of halogens is 1. The molecular formula is C28H35ClN2O2. The number of aliphatic hydroxyl groups is 1. The van der Waals surface area contributed by atoms with Crippen molar-refractivity contribution >= 4 is 22.4 Å². The first-order valence-electron chi connectivity index (χ1n) is 12.0. The lowest BCUT2D eigenvalue weighted by molar-refractivity contribution is 0.00566. The Morgan fingerprint density at radius 3 is 2.30 bits per heavy atom. The minimum absolute atomic E-state index is 0.107. The van der Waals surface area contributed by atoms with Gasteiger partial charge in [0.15, 0.2) is 0 Å². The number of hydrogen-bond acceptors (Lipinski definition) is 4. The van der Waals surface area contributed by atoms with E-state index in [1.165, 1.54) is 5.56 Å². The number of fused-ring (bicyclic) bond motifs is 1. The van der Waals surface area contributed by atoms with Crippen molar-refractivity contribution in [2.45, 2.75) is 44.9 Å². The molecule has 0 spiro atoms. The van der Waals surface area contributed by atoms with Crippen LogP contribution in [-0.4, -0.2) is 54.2 Å². The standard InChI is InChI=1S/C28H35ClN2O2/c1-4-8-25(31-17-15-30(16-18-31)20(2)21-9-6-5-7-10-21)28(32)23-11-13-24-22(19-23)12-14-26(33-3)27(24)29/h5-7,9-14,19-20,25,28,32H,4,8,15-18H2,1-3H3. The minimum atomic E-state index is -0.534. The Bertz CT molecular complexity index is 1050. The summed E-state index contributed by atoms with van der Waals surface area (Å²) >= 11 is 6.49. The third kappa shape index (κ3) is 5.20. The van der Waals surface area contributed by atoms with Gasteiger partial charge in [0.2, 0.25) is 0 Å². The quantitative estimate of drug-likeness (QED) is 0.436. The van der Waals surface area contributed by atoms with Gasteiger partial charge in [-0.05, 0) is 42.0 Å². The van der Waals surface area contributed by atoms with Crippen LogP contribution in [0.2, 0.25) is 5.02 Å². The molecule has 3 atom stereocenters. The summed E-state index contributed by atoms with van der Waals surface area (Å²) in [6, 6.07) is 21.2. The van der Waals surface area contributed by atoms with E-state index in [1.807, 2.05) is 24.3 Å². The molecule has 1 N–H and O–H groups in total. The van der Waals surface area contributed by atoms with Gasteiger partial charge < -0.3 is 9.84 Å². The fourth-order valence-corrected chi connectivity index (χ4v) is 5.40. The Kier molecular flexibility index (Phi) is 7.92. The number of nitrogens with zero attached hydrogens (tertiary/aromatic N) is 2. The highest BCUT2D eigenvalue weighted by Crippen LogP contribution is 2.35. The molecule has 176 valence electrons. The highest BCUT2D eigenvalue weighted by molar-refractivity contribution is 6.37. The van der Waals surface area contributed by atoms with Gasteiger partial charge >= 0.3 is 0 Å². The number of hydrogen-bond donors (Lipinski definition) is 1. The first-order valence-corrected chi connectivity index (χ1v) is 12.4. The zero-order chi connectivity index (χ0) is 23.4. The molecule has 33 heavy (non-hydrogen) atoms. The molecule has 3 aromatic carbocycles. The van der Waals surface area contributed by atoms with Crippen LogP contribution >= 0.6 is 11.6 Å². The van der Waals surface area contributed by atoms with Gasteiger partial charge in [0.1, 0.15) is 5.75 Å². The number of aliphatic hydroxyl groups excluding tert-OH is 1. The summed E-state index contributed by atoms with van der Waals surface area (Å²) in [7, 11) is 1.63. The summed E-state index contributed by atoms with van der Waals surface area (Å²) in [6.07, 6.45) is 1.48. The molecule has 1 heterocycles. The molecule has 4 nitrogen and oxygen atoms in total. The fraction of sp³-hybridized carbons (Fsp3) is 0.429. The van der Waals surface area contributed by atoms with Gasteiger partial charge in [-0.15, -0.1) is 0 Å². The van der Waals surface area contributed by atoms with Crippen molar-refractivity contribution in [2.24, 2.45) is 0 Å². The van der Waals surface area contributed by atoms with Crippen LogP contribution in [0.5, 0.6) is 5.75 Å². The van der Waals surface area contributed by atoms with Crippen molar-refractivity contribution in [2.75, 3.05) is 33.3 Å². The molecule has 5 heteroatoms. The van der Waals surface area contributed by atoms with Crippen molar-refractivity contribution in [3.63, 3.8) is 0 Å². The van der Waals surface area contributed by atoms with Gasteiger partial charge in [0.05, 0.1) is 18.2 Å². The third-order valence-electron chi connectivity index (χ3n) is 7.10. The van der Waals surface area contributed by atoms with E-state index in [1.54, 1.807) is 7.11 Å². The molecule has 0 amide bonds. The molecule has 1 aliphatic heterocycles. The second-order valence-corrected chi connectivity index (χ2v) is 9.40. The van der Waals surface area contributed by atoms with Crippen molar-refractivity contribution in [3.05, 3.63) is 76.8 Å². The maximum atomic E-state index is 11.4. The molecule has 1 fully saturated rings. The van der Waals surface area contributed by atoms with Gasteiger partial charge in [-0.2, -0.15) is 0 Å². The average molecular weight is 467 g/mol. The Morgan fingerprint density at radius 2 is 1.64 bits per heavy atom. The van der Waals surface area contributed by atoms with E-state index in [0.717, 1.165) is 55.4 Å². The Labute approximate surface area is 202 Å².